The van der Waals surface area contributed by atoms with Gasteiger partial charge in [0.15, 0.2) is 0 Å². The van der Waals surface area contributed by atoms with Gasteiger partial charge in [0.2, 0.25) is 11.8 Å². The summed E-state index contributed by atoms with van der Waals surface area (Å²) < 4.78 is 13.1. The van der Waals surface area contributed by atoms with Crippen molar-refractivity contribution in [1.29, 1.82) is 0 Å². The Morgan fingerprint density at radius 2 is 1.77 bits per heavy atom. The second-order valence-electron chi connectivity index (χ2n) is 6.16. The fourth-order valence-electron chi connectivity index (χ4n) is 2.63. The van der Waals surface area contributed by atoms with Gasteiger partial charge in [-0.15, -0.1) is 0 Å². The van der Waals surface area contributed by atoms with Crippen LogP contribution in [0.15, 0.2) is 48.5 Å². The zero-order valence-corrected chi connectivity index (χ0v) is 15.3. The van der Waals surface area contributed by atoms with Crippen LogP contribution in [0, 0.1) is 5.82 Å². The third kappa shape index (κ3) is 5.69. The molecule has 2 rings (SSSR count). The maximum Gasteiger partial charge on any atom is 0.227 e. The topological polar surface area (TPSA) is 49.4 Å². The molecule has 2 aromatic rings. The molecule has 0 unspecified atom stereocenters. The maximum absolute atomic E-state index is 13.1. The van der Waals surface area contributed by atoms with E-state index in [1.54, 1.807) is 17.0 Å². The van der Waals surface area contributed by atoms with E-state index in [1.807, 2.05) is 38.1 Å². The van der Waals surface area contributed by atoms with Crippen molar-refractivity contribution in [2.75, 3.05) is 11.4 Å². The molecule has 0 heterocycles. The van der Waals surface area contributed by atoms with Crippen LogP contribution in [0.3, 0.4) is 0 Å². The Labute approximate surface area is 154 Å². The van der Waals surface area contributed by atoms with E-state index in [2.05, 4.69) is 5.32 Å². The van der Waals surface area contributed by atoms with E-state index in [9.17, 15) is 14.0 Å². The Morgan fingerprint density at radius 1 is 1.04 bits per heavy atom. The van der Waals surface area contributed by atoms with Gasteiger partial charge < -0.3 is 10.2 Å². The first-order valence-corrected chi connectivity index (χ1v) is 8.94. The van der Waals surface area contributed by atoms with Gasteiger partial charge in [-0.3, -0.25) is 9.59 Å². The van der Waals surface area contributed by atoms with Crippen LogP contribution in [-0.4, -0.2) is 18.4 Å². The van der Waals surface area contributed by atoms with Gasteiger partial charge >= 0.3 is 0 Å². The standard InChI is InChI=1S/C21H25FN2O2/c1-3-12-23-20(25)14-17-6-5-7-19(13-17)24(21(26)4-2)15-16-8-10-18(22)11-9-16/h5-11,13H,3-4,12,14-15H2,1-2H3,(H,23,25). The molecule has 0 saturated heterocycles. The molecule has 138 valence electrons. The first-order chi connectivity index (χ1) is 12.5. The summed E-state index contributed by atoms with van der Waals surface area (Å²) in [5, 5.41) is 2.85. The summed E-state index contributed by atoms with van der Waals surface area (Å²) in [6, 6.07) is 13.6. The minimum absolute atomic E-state index is 0.0260. The molecule has 0 bridgehead atoms. The highest BCUT2D eigenvalue weighted by atomic mass is 19.1. The van der Waals surface area contributed by atoms with E-state index < -0.39 is 0 Å². The van der Waals surface area contributed by atoms with Gasteiger partial charge in [-0.2, -0.15) is 0 Å². The van der Waals surface area contributed by atoms with Gasteiger partial charge in [0.25, 0.3) is 0 Å². The Balaban J connectivity index is 2.19. The summed E-state index contributed by atoms with van der Waals surface area (Å²) in [7, 11) is 0. The van der Waals surface area contributed by atoms with Crippen molar-refractivity contribution in [3.8, 4) is 0 Å². The quantitative estimate of drug-likeness (QED) is 0.781. The van der Waals surface area contributed by atoms with Crippen molar-refractivity contribution in [2.24, 2.45) is 0 Å². The van der Waals surface area contributed by atoms with Crippen molar-refractivity contribution >= 4 is 17.5 Å². The summed E-state index contributed by atoms with van der Waals surface area (Å²) in [6.45, 7) is 4.83. The molecule has 4 nitrogen and oxygen atoms in total. The molecule has 0 aliphatic carbocycles. The number of nitrogens with one attached hydrogen (secondary N) is 1. The van der Waals surface area contributed by atoms with Gasteiger partial charge in [0.05, 0.1) is 13.0 Å². The summed E-state index contributed by atoms with van der Waals surface area (Å²) in [6.07, 6.45) is 1.53. The number of hydrogen-bond acceptors (Lipinski definition) is 2. The molecule has 0 fully saturated rings. The number of carbonyl (C=O) groups is 2. The molecule has 26 heavy (non-hydrogen) atoms. The van der Waals surface area contributed by atoms with E-state index in [0.717, 1.165) is 23.2 Å². The summed E-state index contributed by atoms with van der Waals surface area (Å²) in [4.78, 5) is 26.0. The molecule has 2 aromatic carbocycles. The molecule has 0 atom stereocenters. The molecule has 0 saturated carbocycles. The van der Waals surface area contributed by atoms with E-state index in [0.29, 0.717) is 19.5 Å². The van der Waals surface area contributed by atoms with Crippen LogP contribution in [0.2, 0.25) is 0 Å². The molecule has 0 radical (unpaired) electrons. The highest BCUT2D eigenvalue weighted by molar-refractivity contribution is 5.93. The lowest BCUT2D eigenvalue weighted by Gasteiger charge is -2.23. The van der Waals surface area contributed by atoms with E-state index in [1.165, 1.54) is 12.1 Å². The SMILES string of the molecule is CCCNC(=O)Cc1cccc(N(Cc2ccc(F)cc2)C(=O)CC)c1. The molecule has 0 aromatic heterocycles. The first-order valence-electron chi connectivity index (χ1n) is 8.94. The van der Waals surface area contributed by atoms with Gasteiger partial charge in [-0.25, -0.2) is 4.39 Å². The van der Waals surface area contributed by atoms with Crippen LogP contribution in [0.1, 0.15) is 37.8 Å². The van der Waals surface area contributed by atoms with Gasteiger partial charge in [0, 0.05) is 18.7 Å². The lowest BCUT2D eigenvalue weighted by molar-refractivity contribution is -0.120. The van der Waals surface area contributed by atoms with Crippen molar-refractivity contribution in [2.45, 2.75) is 39.7 Å². The minimum Gasteiger partial charge on any atom is -0.356 e. The number of nitrogens with zero attached hydrogens (tertiary/aromatic N) is 1. The number of benzene rings is 2. The predicted molar refractivity (Wildman–Crippen MR) is 101 cm³/mol. The Hall–Kier alpha value is -2.69. The molecule has 0 aliphatic rings. The zero-order chi connectivity index (χ0) is 18.9. The number of halogens is 1. The number of rotatable bonds is 8. The van der Waals surface area contributed by atoms with E-state index in [-0.39, 0.29) is 24.1 Å². The fraction of sp³-hybridized carbons (Fsp3) is 0.333. The minimum atomic E-state index is -0.304. The lowest BCUT2D eigenvalue weighted by Crippen LogP contribution is -2.30. The molecule has 0 aliphatic heterocycles. The summed E-state index contributed by atoms with van der Waals surface area (Å²) >= 11 is 0. The van der Waals surface area contributed by atoms with Gasteiger partial charge in [-0.05, 0) is 41.8 Å². The van der Waals surface area contributed by atoms with Crippen LogP contribution in [-0.2, 0) is 22.6 Å². The smallest absolute Gasteiger partial charge is 0.227 e. The lowest BCUT2D eigenvalue weighted by atomic mass is 10.1. The van der Waals surface area contributed by atoms with Crippen LogP contribution >= 0.6 is 0 Å². The average Bonchev–Trinajstić information content (AvgIpc) is 2.65. The van der Waals surface area contributed by atoms with Crippen molar-refractivity contribution in [1.82, 2.24) is 5.32 Å². The van der Waals surface area contributed by atoms with Gasteiger partial charge in [0.1, 0.15) is 5.82 Å². The molecular formula is C21H25FN2O2. The van der Waals surface area contributed by atoms with Crippen molar-refractivity contribution < 1.29 is 14.0 Å². The Bertz CT molecular complexity index is 744. The predicted octanol–water partition coefficient (Wildman–Crippen LogP) is 3.84. The van der Waals surface area contributed by atoms with E-state index in [4.69, 9.17) is 0 Å². The van der Waals surface area contributed by atoms with Crippen LogP contribution in [0.5, 0.6) is 0 Å². The van der Waals surface area contributed by atoms with Crippen molar-refractivity contribution in [3.05, 3.63) is 65.5 Å². The number of amides is 2. The first kappa shape index (κ1) is 19.6. The molecule has 0 spiro atoms. The second kappa shape index (κ2) is 9.70. The summed E-state index contributed by atoms with van der Waals surface area (Å²) in [5.41, 5.74) is 2.44. The normalized spacial score (nSPS) is 10.4. The van der Waals surface area contributed by atoms with Crippen molar-refractivity contribution in [3.63, 3.8) is 0 Å². The van der Waals surface area contributed by atoms with Crippen LogP contribution < -0.4 is 10.2 Å². The Morgan fingerprint density at radius 3 is 2.42 bits per heavy atom. The fourth-order valence-corrected chi connectivity index (χ4v) is 2.63. The number of hydrogen-bond donors (Lipinski definition) is 1. The highest BCUT2D eigenvalue weighted by Crippen LogP contribution is 2.21. The van der Waals surface area contributed by atoms with Crippen LogP contribution in [0.25, 0.3) is 0 Å². The maximum atomic E-state index is 13.1. The molecule has 5 heteroatoms. The summed E-state index contributed by atoms with van der Waals surface area (Å²) in [5.74, 6) is -0.361. The van der Waals surface area contributed by atoms with E-state index >= 15 is 0 Å². The van der Waals surface area contributed by atoms with Gasteiger partial charge in [-0.1, -0.05) is 38.1 Å². The van der Waals surface area contributed by atoms with Crippen LogP contribution in [0.4, 0.5) is 10.1 Å². The second-order valence-corrected chi connectivity index (χ2v) is 6.16. The molecule has 1 N–H and O–H groups in total. The molecular weight excluding hydrogens is 331 g/mol. The number of anilines is 1. The Kier molecular flexibility index (Phi) is 7.33. The monoisotopic (exact) mass is 356 g/mol. The average molecular weight is 356 g/mol. The highest BCUT2D eigenvalue weighted by Gasteiger charge is 2.15. The third-order valence-electron chi connectivity index (χ3n) is 4.02. The number of carbonyl (C=O) groups excluding carboxylic acids is 2. The largest absolute Gasteiger partial charge is 0.356 e. The zero-order valence-electron chi connectivity index (χ0n) is 15.3. The third-order valence-corrected chi connectivity index (χ3v) is 4.02. The molecule has 2 amide bonds.